The fraction of sp³-hybridized carbons (Fsp3) is 0.550. The number of nitrogens with zero attached hydrogens (tertiary/aromatic N) is 3. The molecule has 1 amide bonds. The maximum Gasteiger partial charge on any atom is 0.290 e. The van der Waals surface area contributed by atoms with Crippen molar-refractivity contribution in [3.8, 4) is 0 Å². The van der Waals surface area contributed by atoms with Gasteiger partial charge in [-0.05, 0) is 37.8 Å². The molecule has 1 atom stereocenters. The highest BCUT2D eigenvalue weighted by molar-refractivity contribution is 7.89. The second-order valence-corrected chi connectivity index (χ2v) is 9.75. The van der Waals surface area contributed by atoms with E-state index in [2.05, 4.69) is 15.5 Å². The summed E-state index contributed by atoms with van der Waals surface area (Å²) in [6.45, 7) is 0.772. The molecule has 3 heterocycles. The van der Waals surface area contributed by atoms with Crippen LogP contribution in [-0.2, 0) is 10.0 Å². The number of piperidine rings is 1. The zero-order valence-electron chi connectivity index (χ0n) is 16.3. The molecule has 1 aliphatic heterocycles. The molecular weight excluding hydrogens is 392 g/mol. The van der Waals surface area contributed by atoms with Crippen molar-refractivity contribution in [1.29, 1.82) is 0 Å². The van der Waals surface area contributed by atoms with Gasteiger partial charge in [0, 0.05) is 43.5 Å². The molecule has 8 nitrogen and oxygen atoms in total. The Labute approximate surface area is 170 Å². The lowest BCUT2D eigenvalue weighted by molar-refractivity contribution is 0.0890. The molecule has 2 aromatic heterocycles. The molecule has 1 N–H and O–H groups in total. The van der Waals surface area contributed by atoms with Gasteiger partial charge in [-0.3, -0.25) is 9.78 Å². The highest BCUT2D eigenvalue weighted by atomic mass is 32.2. The molecule has 2 aliphatic rings. The molecule has 0 aromatic carbocycles. The molecule has 9 heteroatoms. The van der Waals surface area contributed by atoms with E-state index in [-0.39, 0.29) is 28.5 Å². The van der Waals surface area contributed by atoms with Crippen LogP contribution in [0.1, 0.15) is 67.1 Å². The van der Waals surface area contributed by atoms with Crippen LogP contribution in [-0.4, -0.2) is 47.9 Å². The van der Waals surface area contributed by atoms with Gasteiger partial charge in [0.1, 0.15) is 4.90 Å². The lowest BCUT2D eigenvalue weighted by atomic mass is 9.95. The van der Waals surface area contributed by atoms with Crippen molar-refractivity contribution in [3.63, 3.8) is 0 Å². The molecule has 156 valence electrons. The number of aromatic nitrogens is 2. The van der Waals surface area contributed by atoms with E-state index in [9.17, 15) is 13.2 Å². The van der Waals surface area contributed by atoms with Gasteiger partial charge in [0.2, 0.25) is 15.8 Å². The highest BCUT2D eigenvalue weighted by Crippen LogP contribution is 2.30. The Morgan fingerprint density at radius 2 is 2.00 bits per heavy atom. The number of sulfonamides is 1. The Hall–Kier alpha value is -2.26. The van der Waals surface area contributed by atoms with Crippen molar-refractivity contribution in [2.75, 3.05) is 13.1 Å². The standard InChI is InChI=1S/C20H26N4O4S/c25-20(22-16-7-2-1-3-8-16)19-12-18(23-28-19)15-6-5-11-24(14-15)29(26,27)17-9-4-10-21-13-17/h4,9-10,12-13,15-16H,1-3,5-8,11,14H2,(H,22,25)/t15-/m1/s1. The van der Waals surface area contributed by atoms with Crippen LogP contribution in [0.2, 0.25) is 0 Å². The summed E-state index contributed by atoms with van der Waals surface area (Å²) in [5, 5.41) is 7.09. The molecule has 4 rings (SSSR count). The number of nitrogens with one attached hydrogen (secondary N) is 1. The van der Waals surface area contributed by atoms with Crippen LogP contribution in [0.25, 0.3) is 0 Å². The van der Waals surface area contributed by atoms with E-state index in [1.54, 1.807) is 24.4 Å². The van der Waals surface area contributed by atoms with E-state index in [1.165, 1.54) is 16.9 Å². The SMILES string of the molecule is O=C(NC1CCCCC1)c1cc([C@@H]2CCCN(S(=O)(=O)c3cccnc3)C2)no1. The smallest absolute Gasteiger partial charge is 0.290 e. The van der Waals surface area contributed by atoms with Crippen molar-refractivity contribution < 1.29 is 17.7 Å². The van der Waals surface area contributed by atoms with Crippen molar-refractivity contribution in [2.45, 2.75) is 61.8 Å². The number of carbonyl (C=O) groups excluding carboxylic acids is 1. The summed E-state index contributed by atoms with van der Waals surface area (Å²) in [7, 11) is -3.60. The lowest BCUT2D eigenvalue weighted by Gasteiger charge is -2.30. The van der Waals surface area contributed by atoms with Gasteiger partial charge < -0.3 is 9.84 Å². The Balaban J connectivity index is 1.43. The summed E-state index contributed by atoms with van der Waals surface area (Å²) < 4.78 is 32.5. The second kappa shape index (κ2) is 8.62. The lowest BCUT2D eigenvalue weighted by Crippen LogP contribution is -2.39. The number of rotatable bonds is 5. The van der Waals surface area contributed by atoms with Crippen LogP contribution in [0.3, 0.4) is 0 Å². The van der Waals surface area contributed by atoms with Gasteiger partial charge in [0.05, 0.1) is 5.69 Å². The highest BCUT2D eigenvalue weighted by Gasteiger charge is 2.33. The third kappa shape index (κ3) is 4.51. The van der Waals surface area contributed by atoms with Crippen LogP contribution >= 0.6 is 0 Å². The van der Waals surface area contributed by atoms with Crippen molar-refractivity contribution >= 4 is 15.9 Å². The first kappa shape index (κ1) is 20.0. The molecule has 2 aromatic rings. The average Bonchev–Trinajstić information content (AvgIpc) is 3.26. The minimum atomic E-state index is -3.60. The Bertz CT molecular complexity index is 938. The van der Waals surface area contributed by atoms with E-state index < -0.39 is 10.0 Å². The number of amides is 1. The molecule has 0 radical (unpaired) electrons. The van der Waals surface area contributed by atoms with Gasteiger partial charge in [0.25, 0.3) is 5.91 Å². The second-order valence-electron chi connectivity index (χ2n) is 7.82. The summed E-state index contributed by atoms with van der Waals surface area (Å²) in [5.74, 6) is -0.153. The fourth-order valence-electron chi connectivity index (χ4n) is 4.14. The third-order valence-electron chi connectivity index (χ3n) is 5.77. The summed E-state index contributed by atoms with van der Waals surface area (Å²) in [4.78, 5) is 16.6. The van der Waals surface area contributed by atoms with Crippen LogP contribution < -0.4 is 5.32 Å². The van der Waals surface area contributed by atoms with Crippen LogP contribution in [0.4, 0.5) is 0 Å². The van der Waals surface area contributed by atoms with Crippen molar-refractivity contribution in [1.82, 2.24) is 19.8 Å². The predicted octanol–water partition coefficient (Wildman–Crippen LogP) is 2.70. The van der Waals surface area contributed by atoms with Gasteiger partial charge in [-0.25, -0.2) is 8.42 Å². The first-order chi connectivity index (χ1) is 14.0. The Morgan fingerprint density at radius 3 is 2.76 bits per heavy atom. The molecule has 29 heavy (non-hydrogen) atoms. The molecule has 2 fully saturated rings. The minimum absolute atomic E-state index is 0.102. The van der Waals surface area contributed by atoms with Crippen molar-refractivity contribution in [2.24, 2.45) is 0 Å². The summed E-state index contributed by atoms with van der Waals surface area (Å²) >= 11 is 0. The van der Waals surface area contributed by atoms with Gasteiger partial charge in [-0.15, -0.1) is 0 Å². The first-order valence-electron chi connectivity index (χ1n) is 10.2. The molecule has 0 unspecified atom stereocenters. The van der Waals surface area contributed by atoms with Gasteiger partial charge in [0.15, 0.2) is 0 Å². The molecule has 0 spiro atoms. The third-order valence-corrected chi connectivity index (χ3v) is 7.62. The Morgan fingerprint density at radius 1 is 1.17 bits per heavy atom. The number of hydrogen-bond acceptors (Lipinski definition) is 6. The van der Waals surface area contributed by atoms with Gasteiger partial charge >= 0.3 is 0 Å². The van der Waals surface area contributed by atoms with E-state index in [0.717, 1.165) is 38.5 Å². The van der Waals surface area contributed by atoms with E-state index in [0.29, 0.717) is 18.8 Å². The van der Waals surface area contributed by atoms with E-state index in [4.69, 9.17) is 4.52 Å². The monoisotopic (exact) mass is 418 g/mol. The van der Waals surface area contributed by atoms with Crippen LogP contribution in [0.5, 0.6) is 0 Å². The largest absolute Gasteiger partial charge is 0.351 e. The zero-order valence-corrected chi connectivity index (χ0v) is 17.1. The normalized spacial score (nSPS) is 21.7. The summed E-state index contributed by atoms with van der Waals surface area (Å²) in [6, 6.07) is 5.02. The number of pyridine rings is 1. The quantitative estimate of drug-likeness (QED) is 0.800. The molecule has 1 saturated carbocycles. The topological polar surface area (TPSA) is 105 Å². The van der Waals surface area contributed by atoms with Crippen molar-refractivity contribution in [3.05, 3.63) is 42.0 Å². The first-order valence-corrected chi connectivity index (χ1v) is 11.7. The predicted molar refractivity (Wildman–Crippen MR) is 106 cm³/mol. The van der Waals surface area contributed by atoms with Crippen LogP contribution in [0.15, 0.2) is 40.0 Å². The maximum absolute atomic E-state index is 12.9. The number of carbonyl (C=O) groups is 1. The molecule has 1 aliphatic carbocycles. The van der Waals surface area contributed by atoms with Gasteiger partial charge in [-0.2, -0.15) is 4.31 Å². The minimum Gasteiger partial charge on any atom is -0.351 e. The zero-order chi connectivity index (χ0) is 20.3. The van der Waals surface area contributed by atoms with E-state index >= 15 is 0 Å². The summed E-state index contributed by atoms with van der Waals surface area (Å²) in [5.41, 5.74) is 0.630. The molecule has 0 bridgehead atoms. The van der Waals surface area contributed by atoms with Gasteiger partial charge in [-0.1, -0.05) is 24.4 Å². The number of hydrogen-bond donors (Lipinski definition) is 1. The van der Waals surface area contributed by atoms with E-state index in [1.807, 2.05) is 0 Å². The summed E-state index contributed by atoms with van der Waals surface area (Å²) in [6.07, 6.45) is 9.92. The Kier molecular flexibility index (Phi) is 5.96. The van der Waals surface area contributed by atoms with Crippen LogP contribution in [0, 0.1) is 0 Å². The average molecular weight is 419 g/mol. The fourth-order valence-corrected chi connectivity index (χ4v) is 5.63. The molecule has 1 saturated heterocycles. The maximum atomic E-state index is 12.9. The molecular formula is C20H26N4O4S.